The number of rotatable bonds is 1. The fourth-order valence-corrected chi connectivity index (χ4v) is 2.39. The predicted molar refractivity (Wildman–Crippen MR) is 75.6 cm³/mol. The molecule has 0 atom stereocenters. The topological polar surface area (TPSA) is 95.5 Å². The summed E-state index contributed by atoms with van der Waals surface area (Å²) in [6.07, 6.45) is 3.32. The van der Waals surface area contributed by atoms with Gasteiger partial charge < -0.3 is 0 Å². The number of nitrogens with zero attached hydrogens (tertiary/aromatic N) is 6. The molecular weight excluding hydrogens is 290 g/mol. The lowest BCUT2D eigenvalue weighted by Gasteiger charge is -2.01. The highest BCUT2D eigenvalue weighted by atomic mass is 35.5. The highest BCUT2D eigenvalue weighted by Crippen LogP contribution is 2.25. The number of H-pyrrole nitrogens is 1. The molecule has 0 radical (unpaired) electrons. The lowest BCUT2D eigenvalue weighted by Crippen LogP contribution is -1.96. The summed E-state index contributed by atoms with van der Waals surface area (Å²) in [6.45, 7) is 0. The molecule has 21 heavy (non-hydrogen) atoms. The fraction of sp³-hybridized carbons (Fsp3) is 0. The minimum atomic E-state index is 0.155. The van der Waals surface area contributed by atoms with Crippen molar-refractivity contribution < 1.29 is 0 Å². The Labute approximate surface area is 122 Å². The first-order valence-electron chi connectivity index (χ1n) is 6.02. The van der Waals surface area contributed by atoms with Crippen molar-refractivity contribution in [1.29, 1.82) is 5.26 Å². The van der Waals surface area contributed by atoms with Gasteiger partial charge in [-0.3, -0.25) is 5.10 Å². The van der Waals surface area contributed by atoms with Crippen molar-refractivity contribution in [2.75, 3.05) is 0 Å². The highest BCUT2D eigenvalue weighted by Gasteiger charge is 2.15. The molecule has 0 amide bonds. The van der Waals surface area contributed by atoms with E-state index in [0.29, 0.717) is 22.6 Å². The maximum atomic E-state index is 9.17. The molecule has 4 aromatic rings. The Balaban J connectivity index is 2.13. The van der Waals surface area contributed by atoms with Gasteiger partial charge in [0.05, 0.1) is 22.8 Å². The number of benzene rings is 1. The Morgan fingerprint density at radius 1 is 1.29 bits per heavy atom. The smallest absolute Gasteiger partial charge is 0.226 e. The van der Waals surface area contributed by atoms with Crippen LogP contribution in [0.3, 0.4) is 0 Å². The number of para-hydroxylation sites is 1. The molecule has 4 rings (SSSR count). The third kappa shape index (κ3) is 1.67. The van der Waals surface area contributed by atoms with Crippen LogP contribution in [-0.2, 0) is 0 Å². The summed E-state index contributed by atoms with van der Waals surface area (Å²) >= 11 is 6.16. The van der Waals surface area contributed by atoms with Crippen LogP contribution in [0, 0.1) is 11.3 Å². The Bertz CT molecular complexity index is 1010. The molecule has 0 saturated heterocycles. The monoisotopic (exact) mass is 295 g/mol. The van der Waals surface area contributed by atoms with Crippen LogP contribution in [0.2, 0.25) is 5.28 Å². The van der Waals surface area contributed by atoms with E-state index in [-0.39, 0.29) is 5.28 Å². The maximum Gasteiger partial charge on any atom is 0.226 e. The van der Waals surface area contributed by atoms with Gasteiger partial charge in [-0.05, 0) is 23.7 Å². The van der Waals surface area contributed by atoms with Crippen molar-refractivity contribution >= 4 is 28.2 Å². The van der Waals surface area contributed by atoms with E-state index in [9.17, 15) is 0 Å². The van der Waals surface area contributed by atoms with Crippen molar-refractivity contribution in [3.8, 4) is 17.5 Å². The van der Waals surface area contributed by atoms with Gasteiger partial charge >= 0.3 is 0 Å². The molecule has 0 fully saturated rings. The number of aromatic amines is 1. The Hall–Kier alpha value is -2.98. The first-order valence-corrected chi connectivity index (χ1v) is 6.40. The van der Waals surface area contributed by atoms with Crippen LogP contribution in [0.1, 0.15) is 5.56 Å². The molecule has 3 aromatic heterocycles. The molecular formula is C13H6ClN7. The number of aromatic nitrogens is 6. The quantitative estimate of drug-likeness (QED) is 0.543. The minimum absolute atomic E-state index is 0.155. The van der Waals surface area contributed by atoms with Crippen LogP contribution in [0.15, 0.2) is 30.6 Å². The SMILES string of the molecule is N#Cc1cccc2c1nc(Cl)n1nc(-c3cn[nH]c3)nc21. The average molecular weight is 296 g/mol. The molecule has 100 valence electrons. The molecule has 3 heterocycles. The van der Waals surface area contributed by atoms with Gasteiger partial charge in [-0.1, -0.05) is 6.07 Å². The summed E-state index contributed by atoms with van der Waals surface area (Å²) in [5.41, 5.74) is 2.27. The van der Waals surface area contributed by atoms with Crippen LogP contribution in [-0.4, -0.2) is 29.8 Å². The molecule has 1 aromatic carbocycles. The van der Waals surface area contributed by atoms with Gasteiger partial charge in [0, 0.05) is 11.6 Å². The van der Waals surface area contributed by atoms with Crippen LogP contribution < -0.4 is 0 Å². The van der Waals surface area contributed by atoms with E-state index in [4.69, 9.17) is 16.9 Å². The fourth-order valence-electron chi connectivity index (χ4n) is 2.18. The number of hydrogen-bond donors (Lipinski definition) is 1. The average Bonchev–Trinajstić information content (AvgIpc) is 3.16. The summed E-state index contributed by atoms with van der Waals surface area (Å²) in [4.78, 5) is 8.73. The largest absolute Gasteiger partial charge is 0.285 e. The summed E-state index contributed by atoms with van der Waals surface area (Å²) in [5, 5.41) is 21.0. The zero-order valence-corrected chi connectivity index (χ0v) is 11.2. The summed E-state index contributed by atoms with van der Waals surface area (Å²) in [6, 6.07) is 7.41. The van der Waals surface area contributed by atoms with Gasteiger partial charge in [0.1, 0.15) is 6.07 Å². The van der Waals surface area contributed by atoms with Crippen molar-refractivity contribution in [2.45, 2.75) is 0 Å². The lowest BCUT2D eigenvalue weighted by molar-refractivity contribution is 0.939. The van der Waals surface area contributed by atoms with Gasteiger partial charge in [-0.15, -0.1) is 5.10 Å². The third-order valence-electron chi connectivity index (χ3n) is 3.14. The Kier molecular flexibility index (Phi) is 2.40. The van der Waals surface area contributed by atoms with E-state index in [2.05, 4.69) is 31.3 Å². The van der Waals surface area contributed by atoms with Crippen LogP contribution in [0.25, 0.3) is 27.9 Å². The zero-order valence-electron chi connectivity index (χ0n) is 10.4. The molecule has 0 aliphatic rings. The van der Waals surface area contributed by atoms with E-state index in [0.717, 1.165) is 10.9 Å². The molecule has 0 spiro atoms. The number of nitriles is 1. The van der Waals surface area contributed by atoms with E-state index in [1.807, 2.05) is 6.07 Å². The zero-order chi connectivity index (χ0) is 14.4. The van der Waals surface area contributed by atoms with Gasteiger partial charge in [-0.2, -0.15) is 14.9 Å². The number of halogens is 1. The van der Waals surface area contributed by atoms with Crippen LogP contribution >= 0.6 is 11.6 Å². The third-order valence-corrected chi connectivity index (χ3v) is 3.38. The molecule has 7 nitrogen and oxygen atoms in total. The number of hydrogen-bond acceptors (Lipinski definition) is 5. The highest BCUT2D eigenvalue weighted by molar-refractivity contribution is 6.29. The molecule has 0 aliphatic heterocycles. The van der Waals surface area contributed by atoms with Gasteiger partial charge in [0.25, 0.3) is 0 Å². The van der Waals surface area contributed by atoms with E-state index < -0.39 is 0 Å². The molecule has 0 saturated carbocycles. The van der Waals surface area contributed by atoms with Crippen molar-refractivity contribution in [1.82, 2.24) is 29.8 Å². The summed E-state index contributed by atoms with van der Waals surface area (Å²) < 4.78 is 1.45. The maximum absolute atomic E-state index is 9.17. The molecule has 0 bridgehead atoms. The molecule has 0 aliphatic carbocycles. The van der Waals surface area contributed by atoms with Gasteiger partial charge in [0.2, 0.25) is 5.28 Å². The second kappa shape index (κ2) is 4.26. The van der Waals surface area contributed by atoms with E-state index >= 15 is 0 Å². The predicted octanol–water partition coefficient (Wildman–Crippen LogP) is 2.19. The lowest BCUT2D eigenvalue weighted by atomic mass is 10.1. The van der Waals surface area contributed by atoms with Crippen LogP contribution in [0.5, 0.6) is 0 Å². The first-order chi connectivity index (χ1) is 10.3. The standard InChI is InChI=1S/C13H6ClN7/c14-13-18-10-7(4-15)2-1-3-9(10)12-19-11(20-21(12)13)8-5-16-17-6-8/h1-3,5-6H,(H,16,17). The minimum Gasteiger partial charge on any atom is -0.285 e. The first kappa shape index (κ1) is 11.8. The van der Waals surface area contributed by atoms with Gasteiger partial charge in [0.15, 0.2) is 11.5 Å². The van der Waals surface area contributed by atoms with Crippen molar-refractivity contribution in [2.24, 2.45) is 0 Å². The second-order valence-corrected chi connectivity index (χ2v) is 4.69. The molecule has 1 N–H and O–H groups in total. The Morgan fingerprint density at radius 2 is 2.19 bits per heavy atom. The number of fused-ring (bicyclic) bond motifs is 3. The molecule has 0 unspecified atom stereocenters. The normalized spacial score (nSPS) is 11.0. The van der Waals surface area contributed by atoms with E-state index in [1.165, 1.54) is 4.52 Å². The summed E-state index contributed by atoms with van der Waals surface area (Å²) in [7, 11) is 0. The second-order valence-electron chi connectivity index (χ2n) is 4.35. The van der Waals surface area contributed by atoms with Gasteiger partial charge in [-0.25, -0.2) is 9.97 Å². The van der Waals surface area contributed by atoms with E-state index in [1.54, 1.807) is 24.5 Å². The van der Waals surface area contributed by atoms with Crippen molar-refractivity contribution in [3.63, 3.8) is 0 Å². The number of nitrogens with one attached hydrogen (secondary N) is 1. The van der Waals surface area contributed by atoms with Crippen LogP contribution in [0.4, 0.5) is 0 Å². The van der Waals surface area contributed by atoms with Crippen molar-refractivity contribution in [3.05, 3.63) is 41.4 Å². The molecule has 8 heteroatoms. The summed E-state index contributed by atoms with van der Waals surface area (Å²) in [5.74, 6) is 0.488. The Morgan fingerprint density at radius 3 is 2.95 bits per heavy atom.